The number of nitrogens with zero attached hydrogens (tertiary/aromatic N) is 5. The summed E-state index contributed by atoms with van der Waals surface area (Å²) in [5.41, 5.74) is 1.33. The highest BCUT2D eigenvalue weighted by molar-refractivity contribution is 7.92. The monoisotopic (exact) mass is 448 g/mol. The molecule has 0 spiro atoms. The fourth-order valence-electron chi connectivity index (χ4n) is 3.45. The van der Waals surface area contributed by atoms with Gasteiger partial charge in [-0.15, -0.1) is 0 Å². The number of nitriles is 1. The molecule has 1 amide bonds. The van der Waals surface area contributed by atoms with Crippen molar-refractivity contribution in [2.75, 3.05) is 35.8 Å². The highest BCUT2D eigenvalue weighted by atomic mass is 32.2. The Labute approximate surface area is 186 Å². The molecule has 162 valence electrons. The van der Waals surface area contributed by atoms with Gasteiger partial charge in [-0.25, -0.2) is 13.4 Å². The van der Waals surface area contributed by atoms with Crippen LogP contribution in [0.2, 0.25) is 0 Å². The average molecular weight is 449 g/mol. The number of amides is 1. The standard InChI is InChI=1S/C22H20N6O3S/c23-16-18-2-1-9-25-21(18)27-12-14-28(15-13-27)22(29)17-3-5-20(6-4-17)32(30,31)26-19-7-10-24-11-8-19/h1-11H,12-15H2,(H,24,26). The maximum atomic E-state index is 12.9. The minimum Gasteiger partial charge on any atom is -0.352 e. The Balaban J connectivity index is 1.41. The average Bonchev–Trinajstić information content (AvgIpc) is 2.84. The van der Waals surface area contributed by atoms with Crippen LogP contribution in [-0.2, 0) is 10.0 Å². The van der Waals surface area contributed by atoms with Crippen molar-refractivity contribution in [2.24, 2.45) is 0 Å². The van der Waals surface area contributed by atoms with Crippen LogP contribution in [0.3, 0.4) is 0 Å². The Hall–Kier alpha value is -3.97. The molecule has 0 saturated carbocycles. The van der Waals surface area contributed by atoms with Crippen molar-refractivity contribution in [2.45, 2.75) is 4.90 Å². The smallest absolute Gasteiger partial charge is 0.261 e. The van der Waals surface area contributed by atoms with E-state index in [2.05, 4.69) is 20.8 Å². The fraction of sp³-hybridized carbons (Fsp3) is 0.182. The van der Waals surface area contributed by atoms with E-state index in [1.54, 1.807) is 35.4 Å². The summed E-state index contributed by atoms with van der Waals surface area (Å²) in [7, 11) is -3.77. The summed E-state index contributed by atoms with van der Waals surface area (Å²) in [6, 6.07) is 14.6. The van der Waals surface area contributed by atoms with Crippen LogP contribution in [0, 0.1) is 11.3 Å². The maximum absolute atomic E-state index is 12.9. The molecule has 1 fully saturated rings. The lowest BCUT2D eigenvalue weighted by Gasteiger charge is -2.35. The van der Waals surface area contributed by atoms with E-state index >= 15 is 0 Å². The summed E-state index contributed by atoms with van der Waals surface area (Å²) in [5.74, 6) is 0.454. The lowest BCUT2D eigenvalue weighted by atomic mass is 10.1. The summed E-state index contributed by atoms with van der Waals surface area (Å²) in [5, 5.41) is 9.27. The van der Waals surface area contributed by atoms with E-state index < -0.39 is 10.0 Å². The van der Waals surface area contributed by atoms with Gasteiger partial charge in [0.15, 0.2) is 0 Å². The third-order valence-electron chi connectivity index (χ3n) is 5.12. The Morgan fingerprint density at radius 3 is 2.31 bits per heavy atom. The minimum absolute atomic E-state index is 0.0647. The fourth-order valence-corrected chi connectivity index (χ4v) is 4.51. The number of piperazine rings is 1. The van der Waals surface area contributed by atoms with Crippen molar-refractivity contribution in [3.05, 3.63) is 78.2 Å². The number of rotatable bonds is 5. The van der Waals surface area contributed by atoms with Crippen molar-refractivity contribution in [1.29, 1.82) is 5.26 Å². The molecule has 0 aliphatic carbocycles. The molecule has 1 N–H and O–H groups in total. The highest BCUT2D eigenvalue weighted by Crippen LogP contribution is 2.20. The Bertz CT molecular complexity index is 1250. The van der Waals surface area contributed by atoms with Crippen LogP contribution < -0.4 is 9.62 Å². The van der Waals surface area contributed by atoms with Crippen LogP contribution in [0.25, 0.3) is 0 Å². The van der Waals surface area contributed by atoms with Crippen molar-refractivity contribution in [3.63, 3.8) is 0 Å². The molecule has 0 atom stereocenters. The molecule has 32 heavy (non-hydrogen) atoms. The third-order valence-corrected chi connectivity index (χ3v) is 6.51. The molecule has 1 aliphatic rings. The van der Waals surface area contributed by atoms with E-state index in [0.29, 0.717) is 48.8 Å². The van der Waals surface area contributed by atoms with E-state index in [1.807, 2.05) is 4.90 Å². The lowest BCUT2D eigenvalue weighted by Crippen LogP contribution is -2.49. The van der Waals surface area contributed by atoms with E-state index in [-0.39, 0.29) is 10.8 Å². The molecule has 3 heterocycles. The van der Waals surface area contributed by atoms with Crippen molar-refractivity contribution in [1.82, 2.24) is 14.9 Å². The van der Waals surface area contributed by atoms with Crippen molar-refractivity contribution in [3.8, 4) is 6.07 Å². The van der Waals surface area contributed by atoms with Crippen LogP contribution in [-0.4, -0.2) is 55.4 Å². The first-order chi connectivity index (χ1) is 15.5. The SMILES string of the molecule is N#Cc1cccnc1N1CCN(C(=O)c2ccc(S(=O)(=O)Nc3ccncc3)cc2)CC1. The van der Waals surface area contributed by atoms with Crippen LogP contribution in [0.15, 0.2) is 72.0 Å². The number of hydrogen-bond acceptors (Lipinski definition) is 7. The van der Waals surface area contributed by atoms with E-state index in [0.717, 1.165) is 0 Å². The number of pyridine rings is 2. The maximum Gasteiger partial charge on any atom is 0.261 e. The molecule has 4 rings (SSSR count). The van der Waals surface area contributed by atoms with E-state index in [9.17, 15) is 18.5 Å². The van der Waals surface area contributed by atoms with Gasteiger partial charge in [0.1, 0.15) is 11.9 Å². The molecule has 3 aromatic rings. The number of sulfonamides is 1. The number of nitrogens with one attached hydrogen (secondary N) is 1. The molecule has 1 aliphatic heterocycles. The predicted molar refractivity (Wildman–Crippen MR) is 119 cm³/mol. The number of anilines is 2. The number of carbonyl (C=O) groups excluding carboxylic acids is 1. The molecular weight excluding hydrogens is 428 g/mol. The third kappa shape index (κ3) is 4.53. The van der Waals surface area contributed by atoms with Gasteiger partial charge >= 0.3 is 0 Å². The highest BCUT2D eigenvalue weighted by Gasteiger charge is 2.24. The molecule has 0 bridgehead atoms. The van der Waals surface area contributed by atoms with Gasteiger partial charge in [0.25, 0.3) is 15.9 Å². The number of benzene rings is 1. The Morgan fingerprint density at radius 2 is 1.66 bits per heavy atom. The summed E-state index contributed by atoms with van der Waals surface area (Å²) in [6.07, 6.45) is 4.63. The molecule has 0 unspecified atom stereocenters. The van der Waals surface area contributed by atoms with Gasteiger partial charge in [-0.1, -0.05) is 0 Å². The lowest BCUT2D eigenvalue weighted by molar-refractivity contribution is 0.0746. The van der Waals surface area contributed by atoms with Gasteiger partial charge in [0.05, 0.1) is 16.1 Å². The van der Waals surface area contributed by atoms with Gasteiger partial charge in [-0.05, 0) is 48.5 Å². The first-order valence-corrected chi connectivity index (χ1v) is 11.4. The van der Waals surface area contributed by atoms with Crippen molar-refractivity contribution < 1.29 is 13.2 Å². The minimum atomic E-state index is -3.77. The van der Waals surface area contributed by atoms with Crippen LogP contribution in [0.1, 0.15) is 15.9 Å². The molecule has 9 nitrogen and oxygen atoms in total. The molecule has 10 heteroatoms. The first-order valence-electron chi connectivity index (χ1n) is 9.90. The zero-order valence-electron chi connectivity index (χ0n) is 17.0. The second-order valence-electron chi connectivity index (χ2n) is 7.13. The number of hydrogen-bond donors (Lipinski definition) is 1. The molecular formula is C22H20N6O3S. The summed E-state index contributed by atoms with van der Waals surface area (Å²) >= 11 is 0. The summed E-state index contributed by atoms with van der Waals surface area (Å²) in [6.45, 7) is 2.06. The van der Waals surface area contributed by atoms with Gasteiger partial charge < -0.3 is 9.80 Å². The number of aromatic nitrogens is 2. The first kappa shape index (κ1) is 21.3. The van der Waals surface area contributed by atoms with Crippen LogP contribution >= 0.6 is 0 Å². The van der Waals surface area contributed by atoms with Gasteiger partial charge in [-0.2, -0.15) is 5.26 Å². The van der Waals surface area contributed by atoms with Gasteiger partial charge in [0.2, 0.25) is 0 Å². The largest absolute Gasteiger partial charge is 0.352 e. The molecule has 1 saturated heterocycles. The molecule has 2 aromatic heterocycles. The second-order valence-corrected chi connectivity index (χ2v) is 8.81. The molecule has 0 radical (unpaired) electrons. The zero-order chi connectivity index (χ0) is 22.6. The van der Waals surface area contributed by atoms with Crippen molar-refractivity contribution >= 4 is 27.4 Å². The predicted octanol–water partition coefficient (Wildman–Crippen LogP) is 2.11. The second kappa shape index (κ2) is 9.03. The van der Waals surface area contributed by atoms with E-state index in [1.165, 1.54) is 36.7 Å². The molecule has 1 aromatic carbocycles. The van der Waals surface area contributed by atoms with Gasteiger partial charge in [-0.3, -0.25) is 14.5 Å². The normalized spacial score (nSPS) is 14.0. The zero-order valence-corrected chi connectivity index (χ0v) is 17.9. The van der Waals surface area contributed by atoms with Crippen LogP contribution in [0.5, 0.6) is 0 Å². The number of carbonyl (C=O) groups is 1. The Kier molecular flexibility index (Phi) is 6.00. The van der Waals surface area contributed by atoms with E-state index in [4.69, 9.17) is 0 Å². The topological polar surface area (TPSA) is 119 Å². The summed E-state index contributed by atoms with van der Waals surface area (Å²) in [4.78, 5) is 24.8. The Morgan fingerprint density at radius 1 is 0.969 bits per heavy atom. The quantitative estimate of drug-likeness (QED) is 0.635. The van der Waals surface area contributed by atoms with Gasteiger partial charge in [0, 0.05) is 50.3 Å². The van der Waals surface area contributed by atoms with Crippen LogP contribution in [0.4, 0.5) is 11.5 Å². The summed E-state index contributed by atoms with van der Waals surface area (Å²) < 4.78 is 27.6.